The minimum absolute atomic E-state index is 0.169. The fourth-order valence-corrected chi connectivity index (χ4v) is 5.53. The molecular weight excluding hydrogens is 388 g/mol. The van der Waals surface area contributed by atoms with E-state index in [2.05, 4.69) is 9.80 Å². The molecule has 0 saturated carbocycles. The maximum atomic E-state index is 5.60. The molecular formula is C14H24N2O4S4. The van der Waals surface area contributed by atoms with E-state index < -0.39 is 0 Å². The predicted molar refractivity (Wildman–Crippen MR) is 107 cm³/mol. The van der Waals surface area contributed by atoms with E-state index in [4.69, 9.17) is 43.4 Å². The summed E-state index contributed by atoms with van der Waals surface area (Å²) in [6, 6.07) is 0.338. The molecule has 24 heavy (non-hydrogen) atoms. The van der Waals surface area contributed by atoms with Gasteiger partial charge in [-0.3, -0.25) is 0 Å². The standard InChI is InChI=1S/C14H24N2O4S4/c1-17-7-11-9-19-5-3-15(11)13(21)23-24-14(22)16-4-6-20-10-12(16)8-18-2/h11-12H,3-10H2,1-2H3/t11-,12-/m1/s1. The van der Waals surface area contributed by atoms with Gasteiger partial charge in [-0.1, -0.05) is 24.4 Å². The van der Waals surface area contributed by atoms with Crippen molar-refractivity contribution >= 4 is 54.7 Å². The van der Waals surface area contributed by atoms with Crippen LogP contribution in [0.3, 0.4) is 0 Å². The molecule has 0 aromatic carbocycles. The van der Waals surface area contributed by atoms with Gasteiger partial charge in [-0.15, -0.1) is 0 Å². The van der Waals surface area contributed by atoms with Crippen molar-refractivity contribution in [1.82, 2.24) is 9.80 Å². The Balaban J connectivity index is 1.84. The number of hydrogen-bond acceptors (Lipinski definition) is 8. The van der Waals surface area contributed by atoms with Crippen molar-refractivity contribution in [3.8, 4) is 0 Å². The van der Waals surface area contributed by atoms with E-state index in [0.717, 1.165) is 21.7 Å². The van der Waals surface area contributed by atoms with E-state index in [1.807, 2.05) is 0 Å². The zero-order valence-electron chi connectivity index (χ0n) is 14.0. The number of thiocarbonyl (C=S) groups is 2. The molecule has 2 rings (SSSR count). The summed E-state index contributed by atoms with van der Waals surface area (Å²) in [5.74, 6) is 0. The average molecular weight is 413 g/mol. The lowest BCUT2D eigenvalue weighted by Crippen LogP contribution is -2.50. The van der Waals surface area contributed by atoms with Crippen molar-refractivity contribution < 1.29 is 18.9 Å². The Morgan fingerprint density at radius 1 is 0.917 bits per heavy atom. The maximum absolute atomic E-state index is 5.60. The molecule has 138 valence electrons. The van der Waals surface area contributed by atoms with Crippen LogP contribution in [0, 0.1) is 0 Å². The van der Waals surface area contributed by atoms with Gasteiger partial charge in [0.15, 0.2) is 0 Å². The monoisotopic (exact) mass is 412 g/mol. The van der Waals surface area contributed by atoms with Crippen LogP contribution in [0.5, 0.6) is 0 Å². The maximum Gasteiger partial charge on any atom is 0.147 e. The third kappa shape index (κ3) is 5.94. The highest BCUT2D eigenvalue weighted by Gasteiger charge is 2.28. The average Bonchev–Trinajstić information content (AvgIpc) is 2.61. The summed E-state index contributed by atoms with van der Waals surface area (Å²) in [4.78, 5) is 4.35. The van der Waals surface area contributed by atoms with E-state index in [-0.39, 0.29) is 12.1 Å². The first-order valence-electron chi connectivity index (χ1n) is 7.76. The van der Waals surface area contributed by atoms with E-state index in [0.29, 0.717) is 39.6 Å². The first-order valence-corrected chi connectivity index (χ1v) is 10.7. The van der Waals surface area contributed by atoms with E-state index in [1.165, 1.54) is 21.6 Å². The first kappa shape index (κ1) is 20.6. The number of ether oxygens (including phenoxy) is 4. The van der Waals surface area contributed by atoms with Crippen LogP contribution in [0.15, 0.2) is 0 Å². The van der Waals surface area contributed by atoms with Gasteiger partial charge in [-0.05, 0) is 21.6 Å². The Hall–Kier alpha value is 0.320. The summed E-state index contributed by atoms with van der Waals surface area (Å²) < 4.78 is 23.2. The largest absolute Gasteiger partial charge is 0.382 e. The molecule has 2 heterocycles. The number of hydrogen-bond donors (Lipinski definition) is 0. The molecule has 2 saturated heterocycles. The van der Waals surface area contributed by atoms with Gasteiger partial charge in [0.2, 0.25) is 0 Å². The SMILES string of the molecule is COC[C@@H]1COCCN1C(=S)SSC(=S)N1CCOC[C@H]1COC. The highest BCUT2D eigenvalue weighted by Crippen LogP contribution is 2.31. The van der Waals surface area contributed by atoms with Gasteiger partial charge in [0.25, 0.3) is 0 Å². The molecule has 0 aromatic rings. The molecule has 6 nitrogen and oxygen atoms in total. The number of morpholine rings is 2. The summed E-state index contributed by atoms with van der Waals surface area (Å²) in [6.45, 7) is 5.45. The van der Waals surface area contributed by atoms with Crippen molar-refractivity contribution in [1.29, 1.82) is 0 Å². The predicted octanol–water partition coefficient (Wildman–Crippen LogP) is 1.63. The van der Waals surface area contributed by atoms with Crippen molar-refractivity contribution in [3.63, 3.8) is 0 Å². The summed E-state index contributed by atoms with van der Waals surface area (Å²) >= 11 is 11.2. The summed E-state index contributed by atoms with van der Waals surface area (Å²) in [7, 11) is 6.46. The Morgan fingerprint density at radius 3 is 1.71 bits per heavy atom. The van der Waals surface area contributed by atoms with E-state index >= 15 is 0 Å². The number of nitrogens with zero attached hydrogens (tertiary/aromatic N) is 2. The Kier molecular flexibility index (Phi) is 9.56. The van der Waals surface area contributed by atoms with Gasteiger partial charge in [0, 0.05) is 27.3 Å². The van der Waals surface area contributed by atoms with Crippen LogP contribution >= 0.6 is 46.0 Å². The Morgan fingerprint density at radius 2 is 1.33 bits per heavy atom. The second-order valence-corrected chi connectivity index (χ2v) is 8.85. The molecule has 0 aromatic heterocycles. The molecule has 2 atom stereocenters. The third-order valence-corrected chi connectivity index (χ3v) is 7.46. The molecule has 2 aliphatic rings. The topological polar surface area (TPSA) is 43.4 Å². The fourth-order valence-electron chi connectivity index (χ4n) is 2.62. The summed E-state index contributed by atoms with van der Waals surface area (Å²) in [5, 5.41) is 0. The lowest BCUT2D eigenvalue weighted by molar-refractivity contribution is -0.00232. The van der Waals surface area contributed by atoms with Gasteiger partial charge >= 0.3 is 0 Å². The molecule has 0 amide bonds. The van der Waals surface area contributed by atoms with Crippen LogP contribution in [0.1, 0.15) is 0 Å². The minimum Gasteiger partial charge on any atom is -0.382 e. The molecule has 10 heteroatoms. The van der Waals surface area contributed by atoms with Crippen LogP contribution in [-0.4, -0.2) is 97.5 Å². The smallest absolute Gasteiger partial charge is 0.147 e. The highest BCUT2D eigenvalue weighted by molar-refractivity contribution is 8.89. The molecule has 0 aliphatic carbocycles. The van der Waals surface area contributed by atoms with E-state index in [1.54, 1.807) is 14.2 Å². The molecule has 0 radical (unpaired) electrons. The van der Waals surface area contributed by atoms with Crippen molar-refractivity contribution in [2.24, 2.45) is 0 Å². The summed E-state index contributed by atoms with van der Waals surface area (Å²) in [6.07, 6.45) is 0. The van der Waals surface area contributed by atoms with Gasteiger partial charge in [-0.25, -0.2) is 0 Å². The van der Waals surface area contributed by atoms with Crippen LogP contribution in [0.2, 0.25) is 0 Å². The molecule has 0 bridgehead atoms. The van der Waals surface area contributed by atoms with Gasteiger partial charge in [0.1, 0.15) is 8.64 Å². The quantitative estimate of drug-likeness (QED) is 0.503. The fraction of sp³-hybridized carbons (Fsp3) is 0.857. The van der Waals surface area contributed by atoms with Crippen molar-refractivity contribution in [3.05, 3.63) is 0 Å². The number of rotatable bonds is 4. The van der Waals surface area contributed by atoms with Crippen molar-refractivity contribution in [2.45, 2.75) is 12.1 Å². The Labute approximate surface area is 162 Å². The normalized spacial score (nSPS) is 24.9. The van der Waals surface area contributed by atoms with Crippen LogP contribution < -0.4 is 0 Å². The molecule has 0 spiro atoms. The second-order valence-electron chi connectivity index (χ2n) is 5.45. The zero-order chi connectivity index (χ0) is 17.4. The van der Waals surface area contributed by atoms with Gasteiger partial charge in [-0.2, -0.15) is 0 Å². The van der Waals surface area contributed by atoms with Crippen LogP contribution in [0.25, 0.3) is 0 Å². The lowest BCUT2D eigenvalue weighted by atomic mass is 10.2. The molecule has 0 unspecified atom stereocenters. The highest BCUT2D eigenvalue weighted by atomic mass is 33.1. The third-order valence-electron chi connectivity index (χ3n) is 3.83. The minimum atomic E-state index is 0.169. The first-order chi connectivity index (χ1) is 11.7. The van der Waals surface area contributed by atoms with E-state index in [9.17, 15) is 0 Å². The van der Waals surface area contributed by atoms with Crippen LogP contribution in [-0.2, 0) is 18.9 Å². The Bertz CT molecular complexity index is 388. The van der Waals surface area contributed by atoms with Gasteiger partial charge in [0.05, 0.1) is 51.7 Å². The second kappa shape index (κ2) is 11.1. The zero-order valence-corrected chi connectivity index (χ0v) is 17.2. The molecule has 0 N–H and O–H groups in total. The summed E-state index contributed by atoms with van der Waals surface area (Å²) in [5.41, 5.74) is 0. The van der Waals surface area contributed by atoms with Gasteiger partial charge < -0.3 is 28.7 Å². The molecule has 2 fully saturated rings. The molecule has 2 aliphatic heterocycles. The lowest BCUT2D eigenvalue weighted by Gasteiger charge is -2.38. The number of methoxy groups -OCH3 is 2. The van der Waals surface area contributed by atoms with Crippen molar-refractivity contribution in [2.75, 3.05) is 67.0 Å². The van der Waals surface area contributed by atoms with Crippen LogP contribution in [0.4, 0.5) is 0 Å².